The van der Waals surface area contributed by atoms with Crippen molar-refractivity contribution in [1.29, 1.82) is 5.26 Å². The zero-order valence-corrected chi connectivity index (χ0v) is 24.2. The molecule has 4 atom stereocenters. The van der Waals surface area contributed by atoms with Gasteiger partial charge in [0.2, 0.25) is 27.7 Å². The van der Waals surface area contributed by atoms with Gasteiger partial charge in [-0.25, -0.2) is 13.1 Å². The minimum Gasteiger partial charge on any atom is -0.343 e. The molecule has 3 N–H and O–H groups in total. The zero-order valence-electron chi connectivity index (χ0n) is 23.4. The molecule has 3 fully saturated rings. The number of nitrogens with one attached hydrogen (secondary N) is 3. The Morgan fingerprint density at radius 3 is 2.50 bits per heavy atom. The van der Waals surface area contributed by atoms with Crippen LogP contribution in [0.25, 0.3) is 0 Å². The SMILES string of the molecule is CC(C)(C)C[C@H](NC(=O)[C@H](CCC1CC1)NS(=O)(=O)C1CC1)C(=O)N1C[C@]2(C[C@H]1C#N)C(=O)Nc1ccccc12. The highest BCUT2D eigenvalue weighted by Crippen LogP contribution is 2.46. The third-order valence-electron chi connectivity index (χ3n) is 8.49. The van der Waals surface area contributed by atoms with Crippen LogP contribution in [0.15, 0.2) is 24.3 Å². The molecule has 0 bridgehead atoms. The molecule has 1 aromatic rings. The van der Waals surface area contributed by atoms with E-state index in [0.717, 1.165) is 24.8 Å². The number of benzene rings is 1. The number of nitriles is 1. The summed E-state index contributed by atoms with van der Waals surface area (Å²) >= 11 is 0. The van der Waals surface area contributed by atoms with Crippen molar-refractivity contribution < 1.29 is 22.8 Å². The van der Waals surface area contributed by atoms with Gasteiger partial charge in [-0.2, -0.15) is 5.26 Å². The van der Waals surface area contributed by atoms with Crippen molar-refractivity contribution in [1.82, 2.24) is 14.9 Å². The van der Waals surface area contributed by atoms with Gasteiger partial charge in [-0.15, -0.1) is 0 Å². The molecule has 11 heteroatoms. The van der Waals surface area contributed by atoms with E-state index in [1.807, 2.05) is 39.0 Å². The Morgan fingerprint density at radius 2 is 1.88 bits per heavy atom. The molecule has 1 aromatic carbocycles. The van der Waals surface area contributed by atoms with Gasteiger partial charge in [-0.3, -0.25) is 14.4 Å². The van der Waals surface area contributed by atoms with Gasteiger partial charge in [0, 0.05) is 18.7 Å². The van der Waals surface area contributed by atoms with Crippen molar-refractivity contribution in [2.75, 3.05) is 11.9 Å². The Hall–Kier alpha value is -2.97. The van der Waals surface area contributed by atoms with E-state index in [4.69, 9.17) is 0 Å². The maximum absolute atomic E-state index is 14.1. The van der Waals surface area contributed by atoms with Crippen LogP contribution in [0.2, 0.25) is 0 Å². The number of fused-ring (bicyclic) bond motifs is 2. The molecule has 0 radical (unpaired) electrons. The van der Waals surface area contributed by atoms with E-state index in [2.05, 4.69) is 21.4 Å². The van der Waals surface area contributed by atoms with E-state index in [0.29, 0.717) is 30.9 Å². The van der Waals surface area contributed by atoms with Crippen LogP contribution >= 0.6 is 0 Å². The first-order valence-corrected chi connectivity index (χ1v) is 15.8. The predicted octanol–water partition coefficient (Wildman–Crippen LogP) is 2.56. The van der Waals surface area contributed by atoms with Gasteiger partial charge in [-0.1, -0.05) is 51.8 Å². The smallest absolute Gasteiger partial charge is 0.246 e. The minimum atomic E-state index is -3.62. The zero-order chi connectivity index (χ0) is 28.9. The highest BCUT2D eigenvalue weighted by Gasteiger charge is 2.56. The number of carbonyl (C=O) groups excluding carboxylic acids is 3. The van der Waals surface area contributed by atoms with Gasteiger partial charge >= 0.3 is 0 Å². The lowest BCUT2D eigenvalue weighted by molar-refractivity contribution is -0.138. The topological polar surface area (TPSA) is 148 Å². The Bertz CT molecular complexity index is 1340. The lowest BCUT2D eigenvalue weighted by Crippen LogP contribution is -2.56. The number of hydrogen-bond acceptors (Lipinski definition) is 6. The molecule has 2 aliphatic heterocycles. The lowest BCUT2D eigenvalue weighted by atomic mass is 9.80. The maximum Gasteiger partial charge on any atom is 0.246 e. The van der Waals surface area contributed by atoms with Gasteiger partial charge in [0.25, 0.3) is 0 Å². The number of sulfonamides is 1. The molecule has 3 amide bonds. The second-order valence-electron chi connectivity index (χ2n) is 13.2. The van der Waals surface area contributed by atoms with Crippen LogP contribution in [0.5, 0.6) is 0 Å². The molecule has 0 unspecified atom stereocenters. The van der Waals surface area contributed by atoms with Gasteiger partial charge in [-0.05, 0) is 55.1 Å². The highest BCUT2D eigenvalue weighted by molar-refractivity contribution is 7.90. The van der Waals surface area contributed by atoms with Crippen molar-refractivity contribution >= 4 is 33.4 Å². The number of para-hydroxylation sites is 1. The summed E-state index contributed by atoms with van der Waals surface area (Å²) in [4.78, 5) is 42.3. The molecule has 1 spiro atoms. The summed E-state index contributed by atoms with van der Waals surface area (Å²) in [6.45, 7) is 5.89. The number of nitrogens with zero attached hydrogens (tertiary/aromatic N) is 2. The molecule has 2 heterocycles. The molecular formula is C29H39N5O5S. The fraction of sp³-hybridized carbons (Fsp3) is 0.655. The Labute approximate surface area is 236 Å². The maximum atomic E-state index is 14.1. The summed E-state index contributed by atoms with van der Waals surface area (Å²) in [5.74, 6) is -0.700. The van der Waals surface area contributed by atoms with Crippen molar-refractivity contribution in [3.8, 4) is 6.07 Å². The van der Waals surface area contributed by atoms with Crippen LogP contribution < -0.4 is 15.4 Å². The van der Waals surface area contributed by atoms with Crippen molar-refractivity contribution in [3.05, 3.63) is 29.8 Å². The third kappa shape index (κ3) is 5.88. The third-order valence-corrected chi connectivity index (χ3v) is 10.5. The van der Waals surface area contributed by atoms with Gasteiger partial charge in [0.05, 0.1) is 16.7 Å². The van der Waals surface area contributed by atoms with E-state index in [-0.39, 0.29) is 30.7 Å². The van der Waals surface area contributed by atoms with Crippen molar-refractivity contribution in [3.63, 3.8) is 0 Å². The van der Waals surface area contributed by atoms with Gasteiger partial charge < -0.3 is 15.5 Å². The number of hydrogen-bond donors (Lipinski definition) is 3. The van der Waals surface area contributed by atoms with Crippen LogP contribution in [0.3, 0.4) is 0 Å². The predicted molar refractivity (Wildman–Crippen MR) is 149 cm³/mol. The summed E-state index contributed by atoms with van der Waals surface area (Å²) in [5.41, 5.74) is 0.0537. The standard InChI is InChI=1S/C29H39N5O5S/c1-28(2,3)15-24(31-25(35)23(13-10-18-8-9-18)33-40(38,39)20-11-12-20)26(36)34-17-29(14-19(34)16-30)21-6-4-5-7-22(21)32-27(29)37/h4-7,18-20,23-24,33H,8-15,17H2,1-3H3,(H,31,35)(H,32,37)/t19-,23-,24-,29-/m0/s1. The Morgan fingerprint density at radius 1 is 1.18 bits per heavy atom. The summed E-state index contributed by atoms with van der Waals surface area (Å²) in [6, 6.07) is 6.72. The summed E-state index contributed by atoms with van der Waals surface area (Å²) in [6.07, 6.45) is 4.88. The van der Waals surface area contributed by atoms with E-state index < -0.39 is 50.6 Å². The minimum absolute atomic E-state index is 0.0306. The first-order chi connectivity index (χ1) is 18.8. The van der Waals surface area contributed by atoms with Crippen LogP contribution in [0.4, 0.5) is 5.69 Å². The molecule has 4 aliphatic rings. The first-order valence-electron chi connectivity index (χ1n) is 14.3. The summed E-state index contributed by atoms with van der Waals surface area (Å²) < 4.78 is 28.1. The summed E-state index contributed by atoms with van der Waals surface area (Å²) in [7, 11) is -3.62. The molecule has 1 saturated heterocycles. The number of likely N-dealkylation sites (tertiary alicyclic amines) is 1. The normalized spacial score (nSPS) is 25.7. The molecule has 2 aliphatic carbocycles. The number of amides is 3. The second-order valence-corrected chi connectivity index (χ2v) is 15.2. The molecule has 40 heavy (non-hydrogen) atoms. The van der Waals surface area contributed by atoms with E-state index in [9.17, 15) is 28.1 Å². The van der Waals surface area contributed by atoms with Crippen molar-refractivity contribution in [2.24, 2.45) is 11.3 Å². The molecule has 2 saturated carbocycles. The van der Waals surface area contributed by atoms with Gasteiger partial charge in [0.1, 0.15) is 18.1 Å². The fourth-order valence-electron chi connectivity index (χ4n) is 6.00. The van der Waals surface area contributed by atoms with E-state index in [1.54, 1.807) is 6.07 Å². The number of carbonyl (C=O) groups is 3. The Kier molecular flexibility index (Phi) is 7.46. The molecular weight excluding hydrogens is 530 g/mol. The summed E-state index contributed by atoms with van der Waals surface area (Å²) in [5, 5.41) is 15.3. The van der Waals surface area contributed by atoms with Crippen LogP contribution in [-0.4, -0.2) is 61.0 Å². The molecule has 5 rings (SSSR count). The lowest BCUT2D eigenvalue weighted by Gasteiger charge is -2.32. The average Bonchev–Trinajstić information content (AvgIpc) is 3.82. The van der Waals surface area contributed by atoms with E-state index in [1.165, 1.54) is 4.90 Å². The number of anilines is 1. The van der Waals surface area contributed by atoms with Crippen molar-refractivity contribution in [2.45, 2.75) is 101 Å². The molecule has 0 aromatic heterocycles. The largest absolute Gasteiger partial charge is 0.343 e. The highest BCUT2D eigenvalue weighted by atomic mass is 32.2. The van der Waals surface area contributed by atoms with Crippen LogP contribution in [-0.2, 0) is 29.8 Å². The quantitative estimate of drug-likeness (QED) is 0.394. The number of rotatable bonds is 10. The first kappa shape index (κ1) is 28.6. The fourth-order valence-corrected chi connectivity index (χ4v) is 7.57. The Balaban J connectivity index is 1.38. The van der Waals surface area contributed by atoms with Crippen LogP contribution in [0.1, 0.15) is 77.7 Å². The second kappa shape index (κ2) is 10.5. The molecule has 10 nitrogen and oxygen atoms in total. The average molecular weight is 570 g/mol. The van der Waals surface area contributed by atoms with Gasteiger partial charge in [0.15, 0.2) is 0 Å². The molecule has 216 valence electrons. The monoisotopic (exact) mass is 569 g/mol. The van der Waals surface area contributed by atoms with Crippen LogP contribution in [0, 0.1) is 22.7 Å². The van der Waals surface area contributed by atoms with E-state index >= 15 is 0 Å².